The summed E-state index contributed by atoms with van der Waals surface area (Å²) in [7, 11) is 0. The van der Waals surface area contributed by atoms with E-state index in [0.29, 0.717) is 17.4 Å². The fourth-order valence-electron chi connectivity index (χ4n) is 4.80. The Bertz CT molecular complexity index is 1080. The van der Waals surface area contributed by atoms with Crippen LogP contribution in [0.25, 0.3) is 11.3 Å². The summed E-state index contributed by atoms with van der Waals surface area (Å²) in [5.74, 6) is 1.18. The lowest BCUT2D eigenvalue weighted by molar-refractivity contribution is 0.0467. The van der Waals surface area contributed by atoms with Crippen LogP contribution in [0.3, 0.4) is 0 Å². The monoisotopic (exact) mass is 399 g/mol. The highest BCUT2D eigenvalue weighted by Crippen LogP contribution is 2.41. The number of carbonyl (C=O) groups is 1. The molecule has 0 N–H and O–H groups in total. The van der Waals surface area contributed by atoms with Gasteiger partial charge < -0.3 is 9.64 Å². The Balaban J connectivity index is 1.41. The Morgan fingerprint density at radius 1 is 1.03 bits per heavy atom. The maximum absolute atomic E-state index is 13.6. The standard InChI is InChI=1S/C25H25N3O2/c1-16-9-10-23(27-14-16)30-22-13-18-12-21(22)28(15-18)25(29)20-8-4-3-7-19(20)24-17(2)6-5-11-26-24/h3-11,14,18,21-22H,12-13,15H2,1-2H3. The van der Waals surface area contributed by atoms with E-state index in [2.05, 4.69) is 9.97 Å². The molecule has 2 aliphatic rings. The van der Waals surface area contributed by atoms with Crippen LogP contribution in [0.2, 0.25) is 0 Å². The minimum Gasteiger partial charge on any atom is -0.472 e. The van der Waals surface area contributed by atoms with Gasteiger partial charge in [0.25, 0.3) is 5.91 Å². The second-order valence-electron chi connectivity index (χ2n) is 8.41. The molecule has 1 saturated heterocycles. The van der Waals surface area contributed by atoms with Crippen LogP contribution in [0.5, 0.6) is 5.88 Å². The number of ether oxygens (including phenoxy) is 1. The van der Waals surface area contributed by atoms with Gasteiger partial charge in [-0.05, 0) is 55.9 Å². The van der Waals surface area contributed by atoms with Gasteiger partial charge in [-0.3, -0.25) is 9.78 Å². The molecule has 5 heteroatoms. The molecule has 3 aromatic rings. The lowest BCUT2D eigenvalue weighted by Gasteiger charge is -2.33. The Morgan fingerprint density at radius 2 is 1.90 bits per heavy atom. The molecule has 30 heavy (non-hydrogen) atoms. The first-order chi connectivity index (χ1) is 14.6. The number of nitrogens with zero attached hydrogens (tertiary/aromatic N) is 3. The van der Waals surface area contributed by atoms with Gasteiger partial charge in [0.15, 0.2) is 0 Å². The fraction of sp³-hybridized carbons (Fsp3) is 0.320. The molecule has 5 rings (SSSR count). The average molecular weight is 399 g/mol. The molecule has 1 aliphatic carbocycles. The van der Waals surface area contributed by atoms with Crippen molar-refractivity contribution in [2.75, 3.05) is 6.54 Å². The molecule has 1 saturated carbocycles. The van der Waals surface area contributed by atoms with E-state index in [4.69, 9.17) is 4.74 Å². The molecule has 2 aromatic heterocycles. The molecular weight excluding hydrogens is 374 g/mol. The normalized spacial score (nSPS) is 22.3. The Kier molecular flexibility index (Phi) is 4.74. The van der Waals surface area contributed by atoms with E-state index in [1.54, 1.807) is 6.20 Å². The van der Waals surface area contributed by atoms with Gasteiger partial charge in [0.2, 0.25) is 5.88 Å². The summed E-state index contributed by atoms with van der Waals surface area (Å²) in [6.07, 6.45) is 5.56. The summed E-state index contributed by atoms with van der Waals surface area (Å²) in [5.41, 5.74) is 4.63. The zero-order chi connectivity index (χ0) is 20.7. The van der Waals surface area contributed by atoms with Crippen molar-refractivity contribution in [2.24, 2.45) is 5.92 Å². The molecule has 1 amide bonds. The van der Waals surface area contributed by atoms with E-state index in [-0.39, 0.29) is 18.1 Å². The summed E-state index contributed by atoms with van der Waals surface area (Å²) in [5, 5.41) is 0. The van der Waals surface area contributed by atoms with Gasteiger partial charge in [-0.1, -0.05) is 30.3 Å². The molecule has 0 spiro atoms. The van der Waals surface area contributed by atoms with E-state index in [1.165, 1.54) is 0 Å². The zero-order valence-corrected chi connectivity index (χ0v) is 17.3. The fourth-order valence-corrected chi connectivity index (χ4v) is 4.80. The van der Waals surface area contributed by atoms with Gasteiger partial charge in [0.05, 0.1) is 11.7 Å². The third-order valence-corrected chi connectivity index (χ3v) is 6.26. The Labute approximate surface area is 176 Å². The molecule has 2 bridgehead atoms. The third-order valence-electron chi connectivity index (χ3n) is 6.26. The van der Waals surface area contributed by atoms with Crippen molar-refractivity contribution in [2.45, 2.75) is 38.8 Å². The number of likely N-dealkylation sites (tertiary alicyclic amines) is 1. The highest BCUT2D eigenvalue weighted by atomic mass is 16.5. The second kappa shape index (κ2) is 7.56. The van der Waals surface area contributed by atoms with Crippen LogP contribution in [-0.4, -0.2) is 39.5 Å². The Morgan fingerprint density at radius 3 is 2.67 bits per heavy atom. The summed E-state index contributed by atoms with van der Waals surface area (Å²) < 4.78 is 6.20. The summed E-state index contributed by atoms with van der Waals surface area (Å²) >= 11 is 0. The lowest BCUT2D eigenvalue weighted by Crippen LogP contribution is -2.47. The van der Waals surface area contributed by atoms with Crippen LogP contribution < -0.4 is 4.74 Å². The number of aryl methyl sites for hydroxylation is 2. The van der Waals surface area contributed by atoms with Gasteiger partial charge in [0, 0.05) is 36.1 Å². The van der Waals surface area contributed by atoms with Gasteiger partial charge in [-0.15, -0.1) is 0 Å². The molecule has 3 atom stereocenters. The predicted molar refractivity (Wildman–Crippen MR) is 115 cm³/mol. The van der Waals surface area contributed by atoms with Gasteiger partial charge in [-0.2, -0.15) is 0 Å². The van der Waals surface area contributed by atoms with Crippen molar-refractivity contribution in [1.29, 1.82) is 0 Å². The van der Waals surface area contributed by atoms with Gasteiger partial charge in [0.1, 0.15) is 6.10 Å². The van der Waals surface area contributed by atoms with Gasteiger partial charge in [-0.25, -0.2) is 4.98 Å². The molecule has 0 radical (unpaired) electrons. The number of benzene rings is 1. The van der Waals surface area contributed by atoms with Crippen molar-refractivity contribution >= 4 is 5.91 Å². The van der Waals surface area contributed by atoms with Crippen LogP contribution in [0.4, 0.5) is 0 Å². The second-order valence-corrected chi connectivity index (χ2v) is 8.41. The number of carbonyl (C=O) groups excluding carboxylic acids is 1. The van der Waals surface area contributed by atoms with Crippen LogP contribution in [0, 0.1) is 19.8 Å². The summed E-state index contributed by atoms with van der Waals surface area (Å²) in [6.45, 7) is 4.83. The number of piperidine rings is 1. The van der Waals surface area contributed by atoms with Crippen LogP contribution in [-0.2, 0) is 0 Å². The topological polar surface area (TPSA) is 55.3 Å². The van der Waals surface area contributed by atoms with E-state index in [9.17, 15) is 4.79 Å². The van der Waals surface area contributed by atoms with E-state index in [1.807, 2.05) is 73.5 Å². The third kappa shape index (κ3) is 3.34. The van der Waals surface area contributed by atoms with Gasteiger partial charge >= 0.3 is 0 Å². The molecule has 3 heterocycles. The highest BCUT2D eigenvalue weighted by molar-refractivity contribution is 6.01. The van der Waals surface area contributed by atoms with E-state index < -0.39 is 0 Å². The predicted octanol–water partition coefficient (Wildman–Crippen LogP) is 4.44. The minimum absolute atomic E-state index is 0.00773. The van der Waals surface area contributed by atoms with Crippen LogP contribution >= 0.6 is 0 Å². The molecule has 3 unspecified atom stereocenters. The first kappa shape index (κ1) is 18.8. The maximum Gasteiger partial charge on any atom is 0.254 e. The van der Waals surface area contributed by atoms with Crippen LogP contribution in [0.1, 0.15) is 34.3 Å². The largest absolute Gasteiger partial charge is 0.472 e. The number of hydrogen-bond donors (Lipinski definition) is 0. The zero-order valence-electron chi connectivity index (χ0n) is 17.3. The number of fused-ring (bicyclic) bond motifs is 2. The number of amides is 1. The number of rotatable bonds is 4. The first-order valence-corrected chi connectivity index (χ1v) is 10.5. The van der Waals surface area contributed by atoms with Crippen molar-refractivity contribution in [3.05, 3.63) is 77.6 Å². The summed E-state index contributed by atoms with van der Waals surface area (Å²) in [4.78, 5) is 24.5. The number of aromatic nitrogens is 2. The molecule has 5 nitrogen and oxygen atoms in total. The quantitative estimate of drug-likeness (QED) is 0.651. The average Bonchev–Trinajstić information content (AvgIpc) is 3.36. The molecule has 1 aliphatic heterocycles. The first-order valence-electron chi connectivity index (χ1n) is 10.5. The van der Waals surface area contributed by atoms with Crippen molar-refractivity contribution in [3.8, 4) is 17.1 Å². The highest BCUT2D eigenvalue weighted by Gasteiger charge is 2.48. The van der Waals surface area contributed by atoms with Crippen molar-refractivity contribution in [3.63, 3.8) is 0 Å². The lowest BCUT2D eigenvalue weighted by atomic mass is 9.98. The molecular formula is C25H25N3O2. The van der Waals surface area contributed by atoms with E-state index in [0.717, 1.165) is 41.8 Å². The number of hydrogen-bond acceptors (Lipinski definition) is 4. The van der Waals surface area contributed by atoms with Crippen molar-refractivity contribution in [1.82, 2.24) is 14.9 Å². The molecule has 2 fully saturated rings. The SMILES string of the molecule is Cc1ccc(OC2CC3CC2N(C(=O)c2ccccc2-c2ncccc2C)C3)nc1. The smallest absolute Gasteiger partial charge is 0.254 e. The van der Waals surface area contributed by atoms with E-state index >= 15 is 0 Å². The number of pyridine rings is 2. The Hall–Kier alpha value is -3.21. The minimum atomic E-state index is -0.00773. The van der Waals surface area contributed by atoms with Crippen molar-refractivity contribution < 1.29 is 9.53 Å². The molecule has 152 valence electrons. The molecule has 1 aromatic carbocycles. The summed E-state index contributed by atoms with van der Waals surface area (Å²) in [6, 6.07) is 15.7. The van der Waals surface area contributed by atoms with Crippen LogP contribution in [0.15, 0.2) is 60.9 Å². The maximum atomic E-state index is 13.6.